The summed E-state index contributed by atoms with van der Waals surface area (Å²) in [4.78, 5) is 0. The minimum absolute atomic E-state index is 0.258. The summed E-state index contributed by atoms with van der Waals surface area (Å²) in [6.45, 7) is 25.3. The molecule has 112 valence electrons. The maximum absolute atomic E-state index is 6.92. The number of hydrogen-bond acceptors (Lipinski definition) is 1. The Morgan fingerprint density at radius 2 is 1.47 bits per heavy atom. The van der Waals surface area contributed by atoms with Gasteiger partial charge in [-0.15, -0.1) is 6.58 Å². The first-order valence-electron chi connectivity index (χ1n) is 7.70. The Kier molecular flexibility index (Phi) is 4.50. The third-order valence-corrected chi connectivity index (χ3v) is 12.3. The average molecular weight is 283 g/mol. The van der Waals surface area contributed by atoms with E-state index in [0.29, 0.717) is 23.5 Å². The van der Waals surface area contributed by atoms with Crippen molar-refractivity contribution in [1.82, 2.24) is 0 Å². The van der Waals surface area contributed by atoms with E-state index in [1.54, 1.807) is 0 Å². The molecule has 0 aliphatic carbocycles. The normalized spacial score (nSPS) is 33.2. The molecule has 1 unspecified atom stereocenters. The largest absolute Gasteiger partial charge is 0.412 e. The van der Waals surface area contributed by atoms with Gasteiger partial charge in [-0.05, 0) is 27.5 Å². The van der Waals surface area contributed by atoms with E-state index in [0.717, 1.165) is 0 Å². The van der Waals surface area contributed by atoms with E-state index in [1.165, 1.54) is 0 Å². The molecule has 0 bridgehead atoms. The molecule has 1 nitrogen and oxygen atoms in total. The third-order valence-electron chi connectivity index (χ3n) is 5.39. The van der Waals surface area contributed by atoms with Gasteiger partial charge in [0.25, 0.3) is 0 Å². The molecule has 1 fully saturated rings. The fraction of sp³-hybridized carbons (Fsp3) is 0.882. The Hall–Kier alpha value is -0.0831. The van der Waals surface area contributed by atoms with Gasteiger partial charge in [-0.25, -0.2) is 0 Å². The van der Waals surface area contributed by atoms with Crippen LogP contribution >= 0.6 is 0 Å². The van der Waals surface area contributed by atoms with Crippen molar-refractivity contribution >= 4 is 8.32 Å². The molecule has 0 aromatic carbocycles. The zero-order valence-corrected chi connectivity index (χ0v) is 15.5. The Bertz CT molecular complexity index is 320. The third kappa shape index (κ3) is 2.46. The molecule has 0 aromatic rings. The Balaban J connectivity index is 3.32. The standard InChI is InChI=1S/C17H34OSi/c1-11-12(2)15-13(3)14(4)19(18-15,16(5,6)7)17(8,9)10/h11-15H,1H2,2-10H3/t12?,13-,14-,15-/m1/s1. The van der Waals surface area contributed by atoms with Crippen molar-refractivity contribution < 1.29 is 4.43 Å². The highest BCUT2D eigenvalue weighted by molar-refractivity contribution is 6.81. The fourth-order valence-corrected chi connectivity index (χ4v) is 12.3. The van der Waals surface area contributed by atoms with Crippen LogP contribution in [0.4, 0.5) is 0 Å². The molecule has 1 aliphatic rings. The lowest BCUT2D eigenvalue weighted by Crippen LogP contribution is -2.55. The van der Waals surface area contributed by atoms with E-state index in [2.05, 4.69) is 75.0 Å². The molecule has 0 N–H and O–H groups in total. The van der Waals surface area contributed by atoms with Gasteiger partial charge in [-0.3, -0.25) is 0 Å². The fourth-order valence-electron chi connectivity index (χ4n) is 4.65. The lowest BCUT2D eigenvalue weighted by molar-refractivity contribution is 0.130. The van der Waals surface area contributed by atoms with Crippen LogP contribution < -0.4 is 0 Å². The molecule has 0 saturated carbocycles. The Morgan fingerprint density at radius 1 is 1.05 bits per heavy atom. The number of hydrogen-bond donors (Lipinski definition) is 0. The van der Waals surface area contributed by atoms with Crippen molar-refractivity contribution in [3.63, 3.8) is 0 Å². The minimum Gasteiger partial charge on any atom is -0.412 e. The van der Waals surface area contributed by atoms with Crippen LogP contribution in [0.15, 0.2) is 12.7 Å². The Morgan fingerprint density at radius 3 is 1.74 bits per heavy atom. The molecule has 0 spiro atoms. The van der Waals surface area contributed by atoms with Gasteiger partial charge >= 0.3 is 0 Å². The zero-order valence-electron chi connectivity index (χ0n) is 14.5. The highest BCUT2D eigenvalue weighted by Crippen LogP contribution is 2.64. The van der Waals surface area contributed by atoms with Gasteiger partial charge in [0, 0.05) is 0 Å². The molecule has 1 aliphatic heterocycles. The molecule has 2 heteroatoms. The Labute approximate surface area is 122 Å². The van der Waals surface area contributed by atoms with Crippen LogP contribution in [-0.2, 0) is 4.43 Å². The lowest BCUT2D eigenvalue weighted by Gasteiger charge is -2.51. The highest BCUT2D eigenvalue weighted by Gasteiger charge is 2.65. The first-order chi connectivity index (χ1) is 8.40. The van der Waals surface area contributed by atoms with Crippen molar-refractivity contribution in [3.05, 3.63) is 12.7 Å². The predicted molar refractivity (Wildman–Crippen MR) is 88.0 cm³/mol. The van der Waals surface area contributed by atoms with Gasteiger partial charge in [-0.1, -0.05) is 68.4 Å². The summed E-state index contributed by atoms with van der Waals surface area (Å²) in [5.74, 6) is 1.06. The molecular weight excluding hydrogens is 248 g/mol. The second-order valence-corrected chi connectivity index (χ2v) is 14.2. The first-order valence-corrected chi connectivity index (χ1v) is 9.69. The van der Waals surface area contributed by atoms with E-state index in [4.69, 9.17) is 4.43 Å². The van der Waals surface area contributed by atoms with Crippen LogP contribution in [0.1, 0.15) is 62.3 Å². The van der Waals surface area contributed by atoms with E-state index < -0.39 is 8.32 Å². The van der Waals surface area contributed by atoms with Crippen LogP contribution in [0.2, 0.25) is 15.6 Å². The second-order valence-electron chi connectivity index (χ2n) is 8.56. The zero-order chi connectivity index (χ0) is 15.2. The van der Waals surface area contributed by atoms with E-state index in [9.17, 15) is 0 Å². The van der Waals surface area contributed by atoms with Crippen LogP contribution in [0.25, 0.3) is 0 Å². The molecule has 1 rings (SSSR count). The molecule has 0 aromatic heterocycles. The van der Waals surface area contributed by atoms with Gasteiger partial charge in [0.05, 0.1) is 6.10 Å². The average Bonchev–Trinajstić information content (AvgIpc) is 2.51. The van der Waals surface area contributed by atoms with E-state index in [-0.39, 0.29) is 10.1 Å². The lowest BCUT2D eigenvalue weighted by atomic mass is 9.91. The van der Waals surface area contributed by atoms with Crippen molar-refractivity contribution in [2.24, 2.45) is 11.8 Å². The predicted octanol–water partition coefficient (Wildman–Crippen LogP) is 5.78. The van der Waals surface area contributed by atoms with Gasteiger partial charge in [0.2, 0.25) is 8.32 Å². The summed E-state index contributed by atoms with van der Waals surface area (Å²) in [6.07, 6.45) is 2.40. The van der Waals surface area contributed by atoms with Crippen LogP contribution in [-0.4, -0.2) is 14.4 Å². The quantitative estimate of drug-likeness (QED) is 0.461. The molecule has 0 radical (unpaired) electrons. The van der Waals surface area contributed by atoms with Crippen molar-refractivity contribution in [1.29, 1.82) is 0 Å². The summed E-state index contributed by atoms with van der Waals surface area (Å²) < 4.78 is 6.92. The van der Waals surface area contributed by atoms with Crippen LogP contribution in [0.5, 0.6) is 0 Å². The molecule has 19 heavy (non-hydrogen) atoms. The molecular formula is C17H34OSi. The smallest absolute Gasteiger partial charge is 0.206 e. The van der Waals surface area contributed by atoms with Gasteiger partial charge in [0.15, 0.2) is 0 Å². The summed E-state index contributed by atoms with van der Waals surface area (Å²) >= 11 is 0. The number of rotatable bonds is 2. The van der Waals surface area contributed by atoms with Crippen LogP contribution in [0, 0.1) is 11.8 Å². The van der Waals surface area contributed by atoms with Gasteiger partial charge < -0.3 is 4.43 Å². The van der Waals surface area contributed by atoms with Crippen LogP contribution in [0.3, 0.4) is 0 Å². The van der Waals surface area contributed by atoms with Crippen molar-refractivity contribution in [3.8, 4) is 0 Å². The van der Waals surface area contributed by atoms with Gasteiger partial charge in [-0.2, -0.15) is 0 Å². The molecule has 1 saturated heterocycles. The summed E-state index contributed by atoms with van der Waals surface area (Å²) in [5.41, 5.74) is 0.680. The van der Waals surface area contributed by atoms with E-state index in [1.807, 2.05) is 0 Å². The topological polar surface area (TPSA) is 9.23 Å². The van der Waals surface area contributed by atoms with Crippen molar-refractivity contribution in [2.75, 3.05) is 0 Å². The maximum atomic E-state index is 6.92. The van der Waals surface area contributed by atoms with E-state index >= 15 is 0 Å². The summed E-state index contributed by atoms with van der Waals surface area (Å²) in [5, 5.41) is 0.517. The maximum Gasteiger partial charge on any atom is 0.206 e. The highest BCUT2D eigenvalue weighted by atomic mass is 28.4. The van der Waals surface area contributed by atoms with Crippen molar-refractivity contribution in [2.45, 2.75) is 84.0 Å². The van der Waals surface area contributed by atoms with Gasteiger partial charge in [0.1, 0.15) is 0 Å². The summed E-state index contributed by atoms with van der Waals surface area (Å²) in [6, 6.07) is 0. The molecule has 1 heterocycles. The second kappa shape index (κ2) is 5.03. The first kappa shape index (κ1) is 17.0. The minimum atomic E-state index is -1.89. The molecule has 4 atom stereocenters. The SMILES string of the molecule is C=CC(C)[C@H]1O[Si](C(C)(C)C)(C(C)(C)C)[C@H](C)[C@H]1C. The summed E-state index contributed by atoms with van der Waals surface area (Å²) in [7, 11) is -1.89. The molecule has 0 amide bonds. The monoisotopic (exact) mass is 282 g/mol.